The molecule has 2 aromatic heterocycles. The minimum absolute atomic E-state index is 0.152. The second-order valence-corrected chi connectivity index (χ2v) is 5.79. The minimum Gasteiger partial charge on any atom is -0.451 e. The zero-order chi connectivity index (χ0) is 19.4. The summed E-state index contributed by atoms with van der Waals surface area (Å²) in [4.78, 5) is 26.9. The number of fused-ring (bicyclic) bond motifs is 1. The molecule has 0 saturated carbocycles. The van der Waals surface area contributed by atoms with Crippen molar-refractivity contribution < 1.29 is 18.7 Å². The van der Waals surface area contributed by atoms with Crippen LogP contribution < -0.4 is 22.1 Å². The standard InChI is InChI=1S/C18H21N5O4/c1-26-7-6-21-18(25)14-5-4-13(27-14)10-2-3-11-12(8-10)23-17(22-9-19)15(11)16(20)24/h2-5,8,22-23H,6-7,9,19H2,1H3,(H2,20,24)(H,21,25). The van der Waals surface area contributed by atoms with E-state index in [2.05, 4.69) is 15.6 Å². The average Bonchev–Trinajstić information content (AvgIpc) is 3.26. The monoisotopic (exact) mass is 371 g/mol. The van der Waals surface area contributed by atoms with Gasteiger partial charge in [0.05, 0.1) is 18.8 Å². The third kappa shape index (κ3) is 3.78. The molecule has 0 bridgehead atoms. The van der Waals surface area contributed by atoms with Crippen molar-refractivity contribution in [2.75, 3.05) is 32.2 Å². The van der Waals surface area contributed by atoms with E-state index in [0.717, 1.165) is 5.56 Å². The normalized spacial score (nSPS) is 10.9. The summed E-state index contributed by atoms with van der Waals surface area (Å²) in [6, 6.07) is 8.69. The van der Waals surface area contributed by atoms with Crippen molar-refractivity contribution in [3.05, 3.63) is 41.7 Å². The first-order chi connectivity index (χ1) is 13.0. The lowest BCUT2D eigenvalue weighted by Crippen LogP contribution is -2.26. The van der Waals surface area contributed by atoms with Gasteiger partial charge in [-0.25, -0.2) is 0 Å². The molecule has 1 aromatic carbocycles. The quantitative estimate of drug-likeness (QED) is 0.297. The van der Waals surface area contributed by atoms with Gasteiger partial charge in [0.25, 0.3) is 11.8 Å². The van der Waals surface area contributed by atoms with Crippen molar-refractivity contribution in [1.82, 2.24) is 10.3 Å². The van der Waals surface area contributed by atoms with Crippen molar-refractivity contribution in [2.45, 2.75) is 0 Å². The molecule has 0 aliphatic heterocycles. The molecule has 0 unspecified atom stereocenters. The topological polar surface area (TPSA) is 148 Å². The maximum Gasteiger partial charge on any atom is 0.287 e. The van der Waals surface area contributed by atoms with Gasteiger partial charge in [0.1, 0.15) is 11.6 Å². The molecule has 2 heterocycles. The van der Waals surface area contributed by atoms with Gasteiger partial charge < -0.3 is 36.2 Å². The molecule has 0 aliphatic carbocycles. The Morgan fingerprint density at radius 1 is 1.26 bits per heavy atom. The average molecular weight is 371 g/mol. The SMILES string of the molecule is COCCNC(=O)c1ccc(-c2ccc3c(C(N)=O)c(NCN)[nH]c3c2)o1. The molecule has 0 radical (unpaired) electrons. The Balaban J connectivity index is 1.90. The van der Waals surface area contributed by atoms with Crippen molar-refractivity contribution in [3.63, 3.8) is 0 Å². The predicted molar refractivity (Wildman–Crippen MR) is 101 cm³/mol. The number of nitrogens with two attached hydrogens (primary N) is 2. The van der Waals surface area contributed by atoms with E-state index in [-0.39, 0.29) is 18.3 Å². The Kier molecular flexibility index (Phi) is 5.43. The van der Waals surface area contributed by atoms with Crippen molar-refractivity contribution in [2.24, 2.45) is 11.5 Å². The highest BCUT2D eigenvalue weighted by molar-refractivity contribution is 6.11. The van der Waals surface area contributed by atoms with Gasteiger partial charge >= 0.3 is 0 Å². The fraction of sp³-hybridized carbons (Fsp3) is 0.222. The number of rotatable bonds is 8. The number of carbonyl (C=O) groups is 2. The summed E-state index contributed by atoms with van der Waals surface area (Å²) in [6.07, 6.45) is 0. The third-order valence-electron chi connectivity index (χ3n) is 4.03. The Labute approximate surface area is 155 Å². The molecule has 0 fully saturated rings. The van der Waals surface area contributed by atoms with E-state index in [9.17, 15) is 9.59 Å². The number of methoxy groups -OCH3 is 1. The van der Waals surface area contributed by atoms with Crippen LogP contribution in [0.5, 0.6) is 0 Å². The van der Waals surface area contributed by atoms with E-state index < -0.39 is 5.91 Å². The third-order valence-corrected chi connectivity index (χ3v) is 4.03. The maximum absolute atomic E-state index is 12.0. The first-order valence-electron chi connectivity index (χ1n) is 8.32. The molecule has 2 amide bonds. The molecule has 27 heavy (non-hydrogen) atoms. The largest absolute Gasteiger partial charge is 0.451 e. The van der Waals surface area contributed by atoms with Crippen molar-refractivity contribution in [3.8, 4) is 11.3 Å². The number of amides is 2. The summed E-state index contributed by atoms with van der Waals surface area (Å²) in [5.41, 5.74) is 12.8. The lowest BCUT2D eigenvalue weighted by Gasteiger charge is -2.02. The zero-order valence-corrected chi connectivity index (χ0v) is 14.8. The van der Waals surface area contributed by atoms with Crippen molar-refractivity contribution in [1.29, 1.82) is 0 Å². The summed E-state index contributed by atoms with van der Waals surface area (Å²) < 4.78 is 10.5. The minimum atomic E-state index is -0.557. The number of furan rings is 1. The Morgan fingerprint density at radius 2 is 2.07 bits per heavy atom. The van der Waals surface area contributed by atoms with Gasteiger partial charge in [0.2, 0.25) is 0 Å². The molecule has 9 heteroatoms. The van der Waals surface area contributed by atoms with Crippen LogP contribution in [0.3, 0.4) is 0 Å². The molecule has 7 N–H and O–H groups in total. The highest BCUT2D eigenvalue weighted by Gasteiger charge is 2.17. The van der Waals surface area contributed by atoms with Gasteiger partial charge in [-0.2, -0.15) is 0 Å². The van der Waals surface area contributed by atoms with Crippen LogP contribution in [0, 0.1) is 0 Å². The van der Waals surface area contributed by atoms with Crippen LogP contribution in [-0.2, 0) is 4.74 Å². The zero-order valence-electron chi connectivity index (χ0n) is 14.8. The number of benzene rings is 1. The number of aromatic amines is 1. The summed E-state index contributed by atoms with van der Waals surface area (Å²) in [7, 11) is 1.56. The number of ether oxygens (including phenoxy) is 1. The van der Waals surface area contributed by atoms with Gasteiger partial charge in [0, 0.05) is 30.1 Å². The molecule has 3 aromatic rings. The maximum atomic E-state index is 12.0. The molecule has 3 rings (SSSR count). The number of primary amides is 1. The van der Waals surface area contributed by atoms with Crippen LogP contribution in [-0.4, -0.2) is 43.7 Å². The second-order valence-electron chi connectivity index (χ2n) is 5.79. The summed E-state index contributed by atoms with van der Waals surface area (Å²) >= 11 is 0. The Morgan fingerprint density at radius 3 is 2.78 bits per heavy atom. The number of H-pyrrole nitrogens is 1. The van der Waals surface area contributed by atoms with Gasteiger partial charge in [-0.3, -0.25) is 9.59 Å². The highest BCUT2D eigenvalue weighted by Crippen LogP contribution is 2.31. The number of aromatic nitrogens is 1. The van der Waals surface area contributed by atoms with Crippen molar-refractivity contribution >= 4 is 28.5 Å². The van der Waals surface area contributed by atoms with Gasteiger partial charge in [0.15, 0.2) is 5.76 Å². The fourth-order valence-electron chi connectivity index (χ4n) is 2.81. The predicted octanol–water partition coefficient (Wildman–Crippen LogP) is 1.23. The second kappa shape index (κ2) is 7.94. The first-order valence-corrected chi connectivity index (χ1v) is 8.32. The molecular weight excluding hydrogens is 350 g/mol. The van der Waals surface area contributed by atoms with Crippen LogP contribution in [0.25, 0.3) is 22.2 Å². The van der Waals surface area contributed by atoms with Gasteiger partial charge in [-0.05, 0) is 18.2 Å². The lowest BCUT2D eigenvalue weighted by molar-refractivity contribution is 0.0909. The van der Waals surface area contributed by atoms with E-state index >= 15 is 0 Å². The van der Waals surface area contributed by atoms with Crippen LogP contribution in [0.4, 0.5) is 5.82 Å². The number of nitrogens with one attached hydrogen (secondary N) is 3. The highest BCUT2D eigenvalue weighted by atomic mass is 16.5. The smallest absolute Gasteiger partial charge is 0.287 e. The molecule has 0 atom stereocenters. The fourth-order valence-corrected chi connectivity index (χ4v) is 2.81. The summed E-state index contributed by atoms with van der Waals surface area (Å²) in [6.45, 7) is 0.969. The number of hydrogen-bond acceptors (Lipinski definition) is 6. The summed E-state index contributed by atoms with van der Waals surface area (Å²) in [5.74, 6) is 0.325. The van der Waals surface area contributed by atoms with E-state index in [4.69, 9.17) is 20.6 Å². The molecule has 0 spiro atoms. The first kappa shape index (κ1) is 18.5. The van der Waals surface area contributed by atoms with Gasteiger partial charge in [-0.15, -0.1) is 0 Å². The lowest BCUT2D eigenvalue weighted by atomic mass is 10.1. The van der Waals surface area contributed by atoms with E-state index in [1.807, 2.05) is 6.07 Å². The number of carbonyl (C=O) groups excluding carboxylic acids is 2. The Hall–Kier alpha value is -3.30. The molecule has 9 nitrogen and oxygen atoms in total. The number of anilines is 1. The number of hydrogen-bond donors (Lipinski definition) is 5. The molecule has 142 valence electrons. The summed E-state index contributed by atoms with van der Waals surface area (Å²) in [5, 5.41) is 6.25. The molecule has 0 aliphatic rings. The van der Waals surface area contributed by atoms with E-state index in [1.165, 1.54) is 0 Å². The Bertz CT molecular complexity index is 975. The van der Waals surface area contributed by atoms with Crippen LogP contribution >= 0.6 is 0 Å². The van der Waals surface area contributed by atoms with Crippen LogP contribution in [0.2, 0.25) is 0 Å². The molecular formula is C18H21N5O4. The van der Waals surface area contributed by atoms with Crippen LogP contribution in [0.1, 0.15) is 20.9 Å². The van der Waals surface area contributed by atoms with Crippen LogP contribution in [0.15, 0.2) is 34.7 Å². The molecule has 0 saturated heterocycles. The van der Waals surface area contributed by atoms with Gasteiger partial charge in [-0.1, -0.05) is 12.1 Å². The van der Waals surface area contributed by atoms with E-state index in [1.54, 1.807) is 31.4 Å². The van der Waals surface area contributed by atoms with E-state index in [0.29, 0.717) is 41.2 Å².